The van der Waals surface area contributed by atoms with Gasteiger partial charge >= 0.3 is 0 Å². The minimum atomic E-state index is -3.02. The number of amides is 1. The van der Waals surface area contributed by atoms with Gasteiger partial charge in [-0.05, 0) is 36.2 Å². The van der Waals surface area contributed by atoms with Crippen molar-refractivity contribution < 1.29 is 13.2 Å². The molecule has 8 heteroatoms. The third-order valence-corrected chi connectivity index (χ3v) is 7.41. The highest BCUT2D eigenvalue weighted by atomic mass is 79.9. The van der Waals surface area contributed by atoms with Crippen molar-refractivity contribution >= 4 is 48.3 Å². The number of H-pyrrole nitrogens is 1. The molecule has 0 saturated carbocycles. The van der Waals surface area contributed by atoms with Crippen LogP contribution in [0.1, 0.15) is 5.56 Å². The molecule has 1 aromatic heterocycles. The lowest BCUT2D eigenvalue weighted by molar-refractivity contribution is -0.121. The fourth-order valence-electron chi connectivity index (χ4n) is 3.73. The number of aromatic nitrogens is 1. The zero-order valence-corrected chi connectivity index (χ0v) is 18.2. The van der Waals surface area contributed by atoms with Crippen LogP contribution in [0.3, 0.4) is 0 Å². The lowest BCUT2D eigenvalue weighted by Gasteiger charge is -2.33. The molecule has 1 fully saturated rings. The van der Waals surface area contributed by atoms with Crippen LogP contribution in [0.15, 0.2) is 59.2 Å². The van der Waals surface area contributed by atoms with Crippen molar-refractivity contribution in [1.82, 2.24) is 9.88 Å². The lowest BCUT2D eigenvalue weighted by atomic mass is 10.0. The molecule has 2 N–H and O–H groups in total. The van der Waals surface area contributed by atoms with Crippen molar-refractivity contribution in [2.75, 3.05) is 29.9 Å². The van der Waals surface area contributed by atoms with Crippen molar-refractivity contribution in [3.8, 4) is 0 Å². The maximum atomic E-state index is 13.2. The van der Waals surface area contributed by atoms with Gasteiger partial charge in [-0.1, -0.05) is 40.2 Å². The van der Waals surface area contributed by atoms with E-state index >= 15 is 0 Å². The Labute approximate surface area is 178 Å². The van der Waals surface area contributed by atoms with E-state index in [9.17, 15) is 13.2 Å². The fraction of sp³-hybridized carbons (Fsp3) is 0.286. The Morgan fingerprint density at radius 1 is 1.14 bits per heavy atom. The Kier molecular flexibility index (Phi) is 5.76. The Bertz CT molecular complexity index is 1130. The summed E-state index contributed by atoms with van der Waals surface area (Å²) in [7, 11) is -3.02. The number of hydrogen-bond donors (Lipinski definition) is 2. The molecule has 0 radical (unpaired) electrons. The van der Waals surface area contributed by atoms with Gasteiger partial charge in [-0.25, -0.2) is 8.42 Å². The first kappa shape index (κ1) is 20.1. The van der Waals surface area contributed by atoms with Gasteiger partial charge in [0.05, 0.1) is 17.5 Å². The van der Waals surface area contributed by atoms with E-state index in [1.54, 1.807) is 0 Å². The summed E-state index contributed by atoms with van der Waals surface area (Å²) < 4.78 is 24.6. The molecule has 29 heavy (non-hydrogen) atoms. The average molecular weight is 476 g/mol. The molecule has 2 heterocycles. The van der Waals surface area contributed by atoms with Crippen molar-refractivity contribution in [2.45, 2.75) is 12.5 Å². The molecular weight excluding hydrogens is 454 g/mol. The topological polar surface area (TPSA) is 82.3 Å². The summed E-state index contributed by atoms with van der Waals surface area (Å²) in [6.07, 6.45) is 2.44. The van der Waals surface area contributed by atoms with Crippen LogP contribution in [-0.2, 0) is 21.1 Å². The molecule has 1 atom stereocenters. The van der Waals surface area contributed by atoms with Crippen LogP contribution >= 0.6 is 15.9 Å². The Balaban J connectivity index is 1.60. The van der Waals surface area contributed by atoms with Gasteiger partial charge in [0.15, 0.2) is 9.84 Å². The number of anilines is 1. The summed E-state index contributed by atoms with van der Waals surface area (Å²) in [6.45, 7) is 0.725. The van der Waals surface area contributed by atoms with Crippen LogP contribution in [0.25, 0.3) is 10.9 Å². The summed E-state index contributed by atoms with van der Waals surface area (Å²) in [6, 6.07) is 15.0. The van der Waals surface area contributed by atoms with Gasteiger partial charge in [-0.15, -0.1) is 0 Å². The number of hydrogen-bond acceptors (Lipinski definition) is 4. The molecule has 0 bridgehead atoms. The maximum Gasteiger partial charge on any atom is 0.242 e. The molecule has 6 nitrogen and oxygen atoms in total. The number of fused-ring (bicyclic) bond motifs is 1. The van der Waals surface area contributed by atoms with Crippen molar-refractivity contribution in [3.63, 3.8) is 0 Å². The van der Waals surface area contributed by atoms with Crippen molar-refractivity contribution in [2.24, 2.45) is 0 Å². The van der Waals surface area contributed by atoms with Gasteiger partial charge in [0.25, 0.3) is 0 Å². The first-order valence-corrected chi connectivity index (χ1v) is 12.1. The van der Waals surface area contributed by atoms with E-state index in [4.69, 9.17) is 0 Å². The number of nitrogens with one attached hydrogen (secondary N) is 2. The number of halogens is 1. The zero-order chi connectivity index (χ0) is 20.4. The van der Waals surface area contributed by atoms with Gasteiger partial charge in [0.1, 0.15) is 0 Å². The third-order valence-electron chi connectivity index (χ3n) is 5.30. The second-order valence-electron chi connectivity index (χ2n) is 7.27. The highest BCUT2D eigenvalue weighted by molar-refractivity contribution is 9.10. The number of carbonyl (C=O) groups is 1. The maximum absolute atomic E-state index is 13.2. The third kappa shape index (κ3) is 4.71. The molecule has 3 aromatic rings. The SMILES string of the molecule is O=C(Nc1cccc(Br)c1)C(Cc1c[nH]c2ccccc12)N1CCS(=O)(=O)CC1. The monoisotopic (exact) mass is 475 g/mol. The lowest BCUT2D eigenvalue weighted by Crippen LogP contribution is -2.51. The normalized spacial score (nSPS) is 17.8. The number of rotatable bonds is 5. The smallest absolute Gasteiger partial charge is 0.242 e. The summed E-state index contributed by atoms with van der Waals surface area (Å²) in [5, 5.41) is 4.07. The Morgan fingerprint density at radius 2 is 1.90 bits per heavy atom. The predicted molar refractivity (Wildman–Crippen MR) is 119 cm³/mol. The number of carbonyl (C=O) groups excluding carboxylic acids is 1. The van der Waals surface area contributed by atoms with E-state index in [2.05, 4.69) is 26.2 Å². The molecule has 0 spiro atoms. The van der Waals surface area contributed by atoms with E-state index in [-0.39, 0.29) is 17.4 Å². The van der Waals surface area contributed by atoms with Gasteiger partial charge in [-0.2, -0.15) is 0 Å². The van der Waals surface area contributed by atoms with Crippen LogP contribution in [-0.4, -0.2) is 54.8 Å². The predicted octanol–water partition coefficient (Wildman–Crippen LogP) is 3.21. The van der Waals surface area contributed by atoms with Crippen LogP contribution in [0.5, 0.6) is 0 Å². The van der Waals surface area contributed by atoms with Gasteiger partial charge in [0, 0.05) is 40.3 Å². The molecule has 152 valence electrons. The molecule has 1 saturated heterocycles. The van der Waals surface area contributed by atoms with Crippen molar-refractivity contribution in [3.05, 3.63) is 64.8 Å². The minimum absolute atomic E-state index is 0.0849. The Morgan fingerprint density at radius 3 is 2.66 bits per heavy atom. The van der Waals surface area contributed by atoms with E-state index in [0.29, 0.717) is 25.2 Å². The number of benzene rings is 2. The van der Waals surface area contributed by atoms with Gasteiger partial charge in [-0.3, -0.25) is 9.69 Å². The summed E-state index contributed by atoms with van der Waals surface area (Å²) in [4.78, 5) is 18.5. The van der Waals surface area contributed by atoms with E-state index in [1.165, 1.54) is 0 Å². The molecule has 4 rings (SSSR count). The van der Waals surface area contributed by atoms with Crippen LogP contribution in [0.2, 0.25) is 0 Å². The van der Waals surface area contributed by atoms with Gasteiger partial charge < -0.3 is 10.3 Å². The summed E-state index contributed by atoms with van der Waals surface area (Å²) >= 11 is 3.42. The Hall–Kier alpha value is -2.16. The molecule has 1 aliphatic heterocycles. The van der Waals surface area contributed by atoms with Gasteiger partial charge in [0.2, 0.25) is 5.91 Å². The molecular formula is C21H22BrN3O3S. The van der Waals surface area contributed by atoms with E-state index < -0.39 is 15.9 Å². The quantitative estimate of drug-likeness (QED) is 0.593. The first-order valence-electron chi connectivity index (χ1n) is 9.47. The van der Waals surface area contributed by atoms with Crippen LogP contribution in [0.4, 0.5) is 5.69 Å². The molecule has 0 aliphatic carbocycles. The number of para-hydroxylation sites is 1. The van der Waals surface area contributed by atoms with Crippen LogP contribution in [0, 0.1) is 0 Å². The average Bonchev–Trinajstić information content (AvgIpc) is 3.09. The zero-order valence-electron chi connectivity index (χ0n) is 15.8. The second kappa shape index (κ2) is 8.30. The fourth-order valence-corrected chi connectivity index (χ4v) is 5.36. The largest absolute Gasteiger partial charge is 0.361 e. The van der Waals surface area contributed by atoms with E-state index in [0.717, 1.165) is 20.9 Å². The minimum Gasteiger partial charge on any atom is -0.361 e. The molecule has 2 aromatic carbocycles. The first-order chi connectivity index (χ1) is 13.9. The highest BCUT2D eigenvalue weighted by Crippen LogP contribution is 2.23. The second-order valence-corrected chi connectivity index (χ2v) is 10.5. The number of aromatic amines is 1. The van der Waals surface area contributed by atoms with Crippen LogP contribution < -0.4 is 5.32 Å². The standard InChI is InChI=1S/C21H22BrN3O3S/c22-16-4-3-5-17(13-16)24-21(26)20(25-8-10-29(27,28)11-9-25)12-15-14-23-19-7-2-1-6-18(15)19/h1-7,13-14,20,23H,8-12H2,(H,24,26). The number of sulfone groups is 1. The van der Waals surface area contributed by atoms with E-state index in [1.807, 2.05) is 59.6 Å². The highest BCUT2D eigenvalue weighted by Gasteiger charge is 2.32. The molecule has 1 amide bonds. The summed E-state index contributed by atoms with van der Waals surface area (Å²) in [5.41, 5.74) is 2.77. The number of nitrogens with zero attached hydrogens (tertiary/aromatic N) is 1. The van der Waals surface area contributed by atoms with Crippen molar-refractivity contribution in [1.29, 1.82) is 0 Å². The molecule has 1 unspecified atom stereocenters. The molecule has 1 aliphatic rings. The summed E-state index contributed by atoms with van der Waals surface area (Å²) in [5.74, 6) is 0.0380.